The van der Waals surface area contributed by atoms with E-state index in [9.17, 15) is 8.78 Å². The first-order valence-corrected chi connectivity index (χ1v) is 2.32. The van der Waals surface area contributed by atoms with E-state index >= 15 is 0 Å². The summed E-state index contributed by atoms with van der Waals surface area (Å²) in [5.41, 5.74) is 9.73. The van der Waals surface area contributed by atoms with Crippen LogP contribution in [0.5, 0.6) is 0 Å². The van der Waals surface area contributed by atoms with Crippen molar-refractivity contribution < 1.29 is 8.78 Å². The van der Waals surface area contributed by atoms with Gasteiger partial charge in [-0.15, -0.1) is 24.8 Å². The summed E-state index contributed by atoms with van der Waals surface area (Å²) in [6.45, 7) is 0.577. The molecule has 0 bridgehead atoms. The Labute approximate surface area is 71.2 Å². The molecule has 0 aliphatic rings. The van der Waals surface area contributed by atoms with Crippen molar-refractivity contribution in [2.24, 2.45) is 11.5 Å². The number of hydrogen-bond acceptors (Lipinski definition) is 2. The Bertz CT molecular complexity index is 76.1. The molecule has 10 heavy (non-hydrogen) atoms. The molecule has 0 saturated heterocycles. The third-order valence-electron chi connectivity index (χ3n) is 0.905. The zero-order valence-electron chi connectivity index (χ0n) is 5.51. The molecule has 0 aromatic carbocycles. The van der Waals surface area contributed by atoms with Gasteiger partial charge in [0.15, 0.2) is 0 Å². The molecule has 0 aromatic rings. The Morgan fingerprint density at radius 1 is 1.40 bits per heavy atom. The smallest absolute Gasteiger partial charge is 0.261 e. The first-order valence-electron chi connectivity index (χ1n) is 2.32. The standard InChI is InChI=1S/C4H10F2N2.2ClH/c1-4(5,6)3(8)2-7;;/h3H,2,7-8H2,1H3;2*1H. The van der Waals surface area contributed by atoms with E-state index in [-0.39, 0.29) is 31.4 Å². The number of rotatable bonds is 2. The van der Waals surface area contributed by atoms with Crippen LogP contribution in [0.2, 0.25) is 0 Å². The van der Waals surface area contributed by atoms with Crippen molar-refractivity contribution in [3.8, 4) is 0 Å². The predicted octanol–water partition coefficient (Wildman–Crippen LogP) is 0.771. The molecule has 0 amide bonds. The van der Waals surface area contributed by atoms with Gasteiger partial charge in [-0.1, -0.05) is 0 Å². The first-order chi connectivity index (χ1) is 3.48. The summed E-state index contributed by atoms with van der Waals surface area (Å²) in [6, 6.07) is -1.21. The molecular formula is C4H12Cl2F2N2. The number of alkyl halides is 2. The van der Waals surface area contributed by atoms with E-state index in [1.165, 1.54) is 0 Å². The average Bonchev–Trinajstić information content (AvgIpc) is 1.62. The molecule has 0 saturated carbocycles. The van der Waals surface area contributed by atoms with Gasteiger partial charge in [0.05, 0.1) is 6.04 Å². The fourth-order valence-corrected chi connectivity index (χ4v) is 0.207. The van der Waals surface area contributed by atoms with E-state index in [2.05, 4.69) is 0 Å². The molecule has 0 aromatic heterocycles. The minimum absolute atomic E-state index is 0. The molecule has 0 heterocycles. The van der Waals surface area contributed by atoms with Gasteiger partial charge in [0.1, 0.15) is 0 Å². The zero-order valence-corrected chi connectivity index (χ0v) is 7.14. The molecule has 0 aliphatic heterocycles. The summed E-state index contributed by atoms with van der Waals surface area (Å²) in [5, 5.41) is 0. The van der Waals surface area contributed by atoms with Crippen LogP contribution >= 0.6 is 24.8 Å². The third kappa shape index (κ3) is 6.48. The van der Waals surface area contributed by atoms with Crippen molar-refractivity contribution in [3.63, 3.8) is 0 Å². The highest BCUT2D eigenvalue weighted by molar-refractivity contribution is 5.85. The summed E-state index contributed by atoms with van der Waals surface area (Å²) in [5.74, 6) is -2.84. The lowest BCUT2D eigenvalue weighted by Gasteiger charge is -2.16. The maximum Gasteiger partial charge on any atom is 0.261 e. The number of nitrogens with two attached hydrogens (primary N) is 2. The minimum Gasteiger partial charge on any atom is -0.329 e. The number of hydrogen-bond donors (Lipinski definition) is 2. The molecule has 66 valence electrons. The molecule has 1 unspecified atom stereocenters. The zero-order chi connectivity index (χ0) is 6.78. The maximum atomic E-state index is 11.9. The van der Waals surface area contributed by atoms with Crippen LogP contribution in [0.15, 0.2) is 0 Å². The second kappa shape index (κ2) is 6.09. The SMILES string of the molecule is CC(F)(F)C(N)CN.Cl.Cl. The lowest BCUT2D eigenvalue weighted by atomic mass is 10.2. The van der Waals surface area contributed by atoms with E-state index in [4.69, 9.17) is 11.5 Å². The summed E-state index contributed by atoms with van der Waals surface area (Å²) in [6.07, 6.45) is 0. The molecule has 0 aliphatic carbocycles. The highest BCUT2D eigenvalue weighted by Crippen LogP contribution is 2.13. The summed E-state index contributed by atoms with van der Waals surface area (Å²) in [7, 11) is 0. The lowest BCUT2D eigenvalue weighted by molar-refractivity contribution is -0.00238. The normalized spacial score (nSPS) is 12.9. The van der Waals surface area contributed by atoms with Gasteiger partial charge < -0.3 is 11.5 Å². The van der Waals surface area contributed by atoms with Crippen molar-refractivity contribution in [1.82, 2.24) is 0 Å². The Kier molecular flexibility index (Phi) is 10.2. The molecular weight excluding hydrogens is 185 g/mol. The van der Waals surface area contributed by atoms with Gasteiger partial charge in [0.25, 0.3) is 5.92 Å². The van der Waals surface area contributed by atoms with Crippen LogP contribution in [0.1, 0.15) is 6.92 Å². The fourth-order valence-electron chi connectivity index (χ4n) is 0.207. The topological polar surface area (TPSA) is 52.0 Å². The van der Waals surface area contributed by atoms with Crippen LogP contribution in [0.4, 0.5) is 8.78 Å². The lowest BCUT2D eigenvalue weighted by Crippen LogP contribution is -2.44. The molecule has 2 nitrogen and oxygen atoms in total. The van der Waals surface area contributed by atoms with Crippen molar-refractivity contribution in [2.45, 2.75) is 18.9 Å². The van der Waals surface area contributed by atoms with Crippen molar-refractivity contribution in [1.29, 1.82) is 0 Å². The number of halogens is 4. The van der Waals surface area contributed by atoms with Crippen molar-refractivity contribution in [2.75, 3.05) is 6.54 Å². The van der Waals surface area contributed by atoms with E-state index < -0.39 is 12.0 Å². The minimum atomic E-state index is -2.84. The molecule has 0 spiro atoms. The van der Waals surface area contributed by atoms with Gasteiger partial charge in [-0.05, 0) is 0 Å². The Morgan fingerprint density at radius 3 is 1.70 bits per heavy atom. The maximum absolute atomic E-state index is 11.9. The highest BCUT2D eigenvalue weighted by atomic mass is 35.5. The molecule has 0 fully saturated rings. The molecule has 0 radical (unpaired) electrons. The van der Waals surface area contributed by atoms with E-state index in [0.717, 1.165) is 6.92 Å². The van der Waals surface area contributed by atoms with E-state index in [0.29, 0.717) is 0 Å². The van der Waals surface area contributed by atoms with Crippen LogP contribution in [-0.2, 0) is 0 Å². The molecule has 1 atom stereocenters. The summed E-state index contributed by atoms with van der Waals surface area (Å²) < 4.78 is 23.8. The van der Waals surface area contributed by atoms with Gasteiger partial charge in [-0.25, -0.2) is 8.78 Å². The van der Waals surface area contributed by atoms with Gasteiger partial charge >= 0.3 is 0 Å². The van der Waals surface area contributed by atoms with Gasteiger partial charge in [-0.2, -0.15) is 0 Å². The summed E-state index contributed by atoms with van der Waals surface area (Å²) >= 11 is 0. The first kappa shape index (κ1) is 16.8. The van der Waals surface area contributed by atoms with Gasteiger partial charge in [0.2, 0.25) is 0 Å². The van der Waals surface area contributed by atoms with Crippen molar-refractivity contribution >= 4 is 24.8 Å². The summed E-state index contributed by atoms with van der Waals surface area (Å²) in [4.78, 5) is 0. The third-order valence-corrected chi connectivity index (χ3v) is 0.905. The van der Waals surface area contributed by atoms with Crippen LogP contribution in [0.25, 0.3) is 0 Å². The predicted molar refractivity (Wildman–Crippen MR) is 42.1 cm³/mol. The van der Waals surface area contributed by atoms with E-state index in [1.807, 2.05) is 0 Å². The van der Waals surface area contributed by atoms with Gasteiger partial charge in [-0.3, -0.25) is 0 Å². The monoisotopic (exact) mass is 196 g/mol. The van der Waals surface area contributed by atoms with Crippen LogP contribution in [0.3, 0.4) is 0 Å². The highest BCUT2D eigenvalue weighted by Gasteiger charge is 2.28. The Balaban J connectivity index is -0.000000245. The van der Waals surface area contributed by atoms with Crippen LogP contribution < -0.4 is 11.5 Å². The van der Waals surface area contributed by atoms with Crippen molar-refractivity contribution in [3.05, 3.63) is 0 Å². The van der Waals surface area contributed by atoms with Crippen LogP contribution in [-0.4, -0.2) is 18.5 Å². The quantitative estimate of drug-likeness (QED) is 0.686. The largest absolute Gasteiger partial charge is 0.329 e. The molecule has 6 heteroatoms. The second-order valence-corrected chi connectivity index (χ2v) is 1.80. The Hall–Kier alpha value is 0.360. The van der Waals surface area contributed by atoms with E-state index in [1.54, 1.807) is 0 Å². The Morgan fingerprint density at radius 2 is 1.70 bits per heavy atom. The molecule has 4 N–H and O–H groups in total. The van der Waals surface area contributed by atoms with Gasteiger partial charge in [0, 0.05) is 13.5 Å². The fraction of sp³-hybridized carbons (Fsp3) is 1.00. The van der Waals surface area contributed by atoms with Crippen LogP contribution in [0, 0.1) is 0 Å². The molecule has 0 rings (SSSR count). The second-order valence-electron chi connectivity index (χ2n) is 1.80. The average molecular weight is 197 g/mol.